The third-order valence-electron chi connectivity index (χ3n) is 2.87. The highest BCUT2D eigenvalue weighted by Gasteiger charge is 2.12. The van der Waals surface area contributed by atoms with E-state index in [1.165, 1.54) is 0 Å². The van der Waals surface area contributed by atoms with Crippen molar-refractivity contribution in [1.29, 1.82) is 0 Å². The standard InChI is InChI=1S/C15H13Cl2N3O2/c16-12-3-1-2-11(13(12)17)14(21)19-8-9-4-6-10(7-5-9)20-15(18)22/h1-7H,8H2,(H,19,21)(H3,18,20,22). The monoisotopic (exact) mass is 337 g/mol. The van der Waals surface area contributed by atoms with Crippen LogP contribution in [0.15, 0.2) is 42.5 Å². The molecule has 0 saturated carbocycles. The van der Waals surface area contributed by atoms with Crippen LogP contribution in [-0.4, -0.2) is 11.9 Å². The highest BCUT2D eigenvalue weighted by atomic mass is 35.5. The number of halogens is 2. The number of rotatable bonds is 4. The molecule has 4 N–H and O–H groups in total. The third kappa shape index (κ3) is 4.13. The maximum atomic E-state index is 12.1. The minimum atomic E-state index is -0.628. The number of nitrogens with one attached hydrogen (secondary N) is 2. The van der Waals surface area contributed by atoms with E-state index in [2.05, 4.69) is 10.6 Å². The molecule has 0 unspecified atom stereocenters. The van der Waals surface area contributed by atoms with Gasteiger partial charge in [-0.3, -0.25) is 4.79 Å². The van der Waals surface area contributed by atoms with E-state index in [9.17, 15) is 9.59 Å². The quantitative estimate of drug-likeness (QED) is 0.798. The van der Waals surface area contributed by atoms with Gasteiger partial charge in [-0.2, -0.15) is 0 Å². The Morgan fingerprint density at radius 2 is 1.73 bits per heavy atom. The molecule has 2 aromatic carbocycles. The third-order valence-corrected chi connectivity index (χ3v) is 3.69. The predicted molar refractivity (Wildman–Crippen MR) is 87.3 cm³/mol. The molecule has 0 bridgehead atoms. The average Bonchev–Trinajstić information content (AvgIpc) is 2.48. The zero-order chi connectivity index (χ0) is 16.1. The maximum absolute atomic E-state index is 12.1. The van der Waals surface area contributed by atoms with Gasteiger partial charge in [0.1, 0.15) is 0 Å². The van der Waals surface area contributed by atoms with E-state index >= 15 is 0 Å². The van der Waals surface area contributed by atoms with Crippen molar-refractivity contribution in [2.45, 2.75) is 6.54 Å². The minimum Gasteiger partial charge on any atom is -0.351 e. The molecule has 114 valence electrons. The summed E-state index contributed by atoms with van der Waals surface area (Å²) in [6, 6.07) is 11.2. The van der Waals surface area contributed by atoms with Crippen molar-refractivity contribution < 1.29 is 9.59 Å². The van der Waals surface area contributed by atoms with Gasteiger partial charge in [0.15, 0.2) is 0 Å². The second kappa shape index (κ2) is 7.15. The van der Waals surface area contributed by atoms with E-state index in [-0.39, 0.29) is 10.9 Å². The van der Waals surface area contributed by atoms with Crippen LogP contribution in [0, 0.1) is 0 Å². The van der Waals surface area contributed by atoms with Crippen LogP contribution in [0.3, 0.4) is 0 Å². The molecule has 2 aromatic rings. The fraction of sp³-hybridized carbons (Fsp3) is 0.0667. The molecule has 0 saturated heterocycles. The number of nitrogens with two attached hydrogens (primary N) is 1. The largest absolute Gasteiger partial charge is 0.351 e. The lowest BCUT2D eigenvalue weighted by molar-refractivity contribution is 0.0951. The molecular weight excluding hydrogens is 325 g/mol. The smallest absolute Gasteiger partial charge is 0.316 e. The van der Waals surface area contributed by atoms with Gasteiger partial charge in [0, 0.05) is 12.2 Å². The SMILES string of the molecule is NC(=O)Nc1ccc(CNC(=O)c2cccc(Cl)c2Cl)cc1. The first-order chi connectivity index (χ1) is 10.5. The number of anilines is 1. The lowest BCUT2D eigenvalue weighted by atomic mass is 10.2. The van der Waals surface area contributed by atoms with Crippen LogP contribution in [0.4, 0.5) is 10.5 Å². The van der Waals surface area contributed by atoms with E-state index in [0.717, 1.165) is 5.56 Å². The van der Waals surface area contributed by atoms with Crippen LogP contribution >= 0.6 is 23.2 Å². The molecule has 22 heavy (non-hydrogen) atoms. The Labute approximate surface area is 137 Å². The van der Waals surface area contributed by atoms with Crippen molar-refractivity contribution in [1.82, 2.24) is 5.32 Å². The Kier molecular flexibility index (Phi) is 5.25. The second-order valence-electron chi connectivity index (χ2n) is 4.47. The van der Waals surface area contributed by atoms with Gasteiger partial charge in [0.2, 0.25) is 0 Å². The summed E-state index contributed by atoms with van der Waals surface area (Å²) in [5, 5.41) is 5.76. The van der Waals surface area contributed by atoms with Crippen molar-refractivity contribution in [3.05, 3.63) is 63.6 Å². The number of hydrogen-bond acceptors (Lipinski definition) is 2. The molecule has 7 heteroatoms. The van der Waals surface area contributed by atoms with Crippen molar-refractivity contribution in [2.75, 3.05) is 5.32 Å². The lowest BCUT2D eigenvalue weighted by Crippen LogP contribution is -2.23. The maximum Gasteiger partial charge on any atom is 0.316 e. The van der Waals surface area contributed by atoms with Crippen molar-refractivity contribution in [3.63, 3.8) is 0 Å². The highest BCUT2D eigenvalue weighted by Crippen LogP contribution is 2.25. The fourth-order valence-corrected chi connectivity index (χ4v) is 2.19. The zero-order valence-corrected chi connectivity index (χ0v) is 12.9. The first kappa shape index (κ1) is 16.1. The Morgan fingerprint density at radius 1 is 1.05 bits per heavy atom. The summed E-state index contributed by atoms with van der Waals surface area (Å²) in [7, 11) is 0. The van der Waals surface area contributed by atoms with E-state index in [0.29, 0.717) is 22.8 Å². The topological polar surface area (TPSA) is 84.2 Å². The molecule has 0 aromatic heterocycles. The number of carbonyl (C=O) groups excluding carboxylic acids is 2. The number of benzene rings is 2. The summed E-state index contributed by atoms with van der Waals surface area (Å²) in [5.74, 6) is -0.313. The highest BCUT2D eigenvalue weighted by molar-refractivity contribution is 6.43. The summed E-state index contributed by atoms with van der Waals surface area (Å²) >= 11 is 11.9. The number of hydrogen-bond donors (Lipinski definition) is 3. The van der Waals surface area contributed by atoms with E-state index in [1.807, 2.05) is 0 Å². The van der Waals surface area contributed by atoms with E-state index in [4.69, 9.17) is 28.9 Å². The molecule has 0 radical (unpaired) electrons. The molecule has 0 aliphatic carbocycles. The first-order valence-electron chi connectivity index (χ1n) is 6.35. The molecule has 0 fully saturated rings. The molecule has 0 spiro atoms. The second-order valence-corrected chi connectivity index (χ2v) is 5.26. The van der Waals surface area contributed by atoms with Gasteiger partial charge in [-0.15, -0.1) is 0 Å². The first-order valence-corrected chi connectivity index (χ1v) is 7.10. The van der Waals surface area contributed by atoms with Gasteiger partial charge in [0.25, 0.3) is 5.91 Å². The van der Waals surface area contributed by atoms with Gasteiger partial charge in [-0.1, -0.05) is 41.4 Å². The average molecular weight is 338 g/mol. The van der Waals surface area contributed by atoms with Crippen LogP contribution in [-0.2, 0) is 6.54 Å². The molecule has 0 atom stereocenters. The summed E-state index contributed by atoms with van der Waals surface area (Å²) in [6.07, 6.45) is 0. The molecular formula is C15H13Cl2N3O2. The summed E-state index contributed by atoms with van der Waals surface area (Å²) in [5.41, 5.74) is 6.79. The van der Waals surface area contributed by atoms with Crippen molar-refractivity contribution in [2.24, 2.45) is 5.73 Å². The van der Waals surface area contributed by atoms with Crippen LogP contribution in [0.1, 0.15) is 15.9 Å². The minimum absolute atomic E-state index is 0.225. The van der Waals surface area contributed by atoms with Gasteiger partial charge in [0.05, 0.1) is 15.6 Å². The summed E-state index contributed by atoms with van der Waals surface area (Å²) in [6.45, 7) is 0.318. The van der Waals surface area contributed by atoms with Gasteiger partial charge in [-0.05, 0) is 29.8 Å². The number of urea groups is 1. The number of carbonyl (C=O) groups is 2. The summed E-state index contributed by atoms with van der Waals surface area (Å²) < 4.78 is 0. The van der Waals surface area contributed by atoms with Gasteiger partial charge in [-0.25, -0.2) is 4.79 Å². The lowest BCUT2D eigenvalue weighted by Gasteiger charge is -2.08. The Morgan fingerprint density at radius 3 is 2.36 bits per heavy atom. The molecule has 5 nitrogen and oxygen atoms in total. The van der Waals surface area contributed by atoms with Crippen LogP contribution in [0.2, 0.25) is 10.0 Å². The Balaban J connectivity index is 1.99. The van der Waals surface area contributed by atoms with Gasteiger partial charge < -0.3 is 16.4 Å². The number of amides is 3. The Bertz CT molecular complexity index is 702. The molecule has 0 aliphatic rings. The van der Waals surface area contributed by atoms with E-state index < -0.39 is 6.03 Å². The molecule has 2 rings (SSSR count). The molecule has 0 heterocycles. The van der Waals surface area contributed by atoms with E-state index in [1.54, 1.807) is 42.5 Å². The Hall–Kier alpha value is -2.24. The number of primary amides is 1. The molecule has 0 aliphatic heterocycles. The van der Waals surface area contributed by atoms with Crippen LogP contribution in [0.5, 0.6) is 0 Å². The van der Waals surface area contributed by atoms with Crippen LogP contribution < -0.4 is 16.4 Å². The van der Waals surface area contributed by atoms with Crippen molar-refractivity contribution in [3.8, 4) is 0 Å². The zero-order valence-electron chi connectivity index (χ0n) is 11.4. The fourth-order valence-electron chi connectivity index (χ4n) is 1.80. The normalized spacial score (nSPS) is 10.1. The summed E-state index contributed by atoms with van der Waals surface area (Å²) in [4.78, 5) is 22.8. The molecule has 3 amide bonds. The predicted octanol–water partition coefficient (Wildman–Crippen LogP) is 3.41. The van der Waals surface area contributed by atoms with Crippen molar-refractivity contribution >= 4 is 40.8 Å². The van der Waals surface area contributed by atoms with Crippen LogP contribution in [0.25, 0.3) is 0 Å². The van der Waals surface area contributed by atoms with Gasteiger partial charge >= 0.3 is 6.03 Å².